The summed E-state index contributed by atoms with van der Waals surface area (Å²) in [4.78, 5) is 11.7. The van der Waals surface area contributed by atoms with E-state index in [9.17, 15) is 13.2 Å². The Morgan fingerprint density at radius 2 is 1.92 bits per heavy atom. The van der Waals surface area contributed by atoms with Crippen molar-refractivity contribution in [3.05, 3.63) is 64.1 Å². The Balaban J connectivity index is 1.67. The maximum Gasteiger partial charge on any atom is 0.251 e. The molecule has 1 saturated heterocycles. The molecule has 0 spiro atoms. The van der Waals surface area contributed by atoms with E-state index in [-0.39, 0.29) is 12.2 Å². The molecule has 25 heavy (non-hydrogen) atoms. The first-order valence-electron chi connectivity index (χ1n) is 7.63. The zero-order valence-corrected chi connectivity index (χ0v) is 15.7. The molecule has 1 heterocycles. The molecule has 3 rings (SSSR count). The Kier molecular flexibility index (Phi) is 5.12. The molecule has 1 fully saturated rings. The number of sulfonamides is 1. The topological polar surface area (TPSA) is 89.7 Å². The van der Waals surface area contributed by atoms with Gasteiger partial charge in [0.1, 0.15) is 12.4 Å². The monoisotopic (exact) mass is 424 g/mol. The second kappa shape index (κ2) is 7.15. The molecule has 1 atom stereocenters. The van der Waals surface area contributed by atoms with Gasteiger partial charge in [-0.15, -0.1) is 0 Å². The molecule has 0 aliphatic carbocycles. The van der Waals surface area contributed by atoms with E-state index in [0.29, 0.717) is 16.8 Å². The predicted molar refractivity (Wildman–Crippen MR) is 97.1 cm³/mol. The van der Waals surface area contributed by atoms with Gasteiger partial charge in [0.25, 0.3) is 15.9 Å². The largest absolute Gasteiger partial charge is 0.489 e. The zero-order valence-electron chi connectivity index (χ0n) is 13.3. The Morgan fingerprint density at radius 1 is 1.20 bits per heavy atom. The number of rotatable bonds is 4. The summed E-state index contributed by atoms with van der Waals surface area (Å²) in [5.41, 5.74) is 1.81. The number of hydrogen-bond acceptors (Lipinski definition) is 5. The molecule has 6 nitrogen and oxygen atoms in total. The summed E-state index contributed by atoms with van der Waals surface area (Å²) in [6, 6.07) is 15.0. The fraction of sp³-hybridized carbons (Fsp3) is 0.235. The lowest BCUT2D eigenvalue weighted by atomic mass is 9.97. The number of amides is 1. The highest BCUT2D eigenvalue weighted by atomic mass is 79.9. The lowest BCUT2D eigenvalue weighted by Gasteiger charge is -2.28. The fourth-order valence-electron chi connectivity index (χ4n) is 2.69. The average molecular weight is 425 g/mol. The molecule has 8 heteroatoms. The number of nitrogens with two attached hydrogens (primary N) is 1. The lowest BCUT2D eigenvalue weighted by molar-refractivity contribution is -0.127. The van der Waals surface area contributed by atoms with Gasteiger partial charge in [0.05, 0.1) is 5.75 Å². The molecule has 0 saturated carbocycles. The molecule has 0 aromatic heterocycles. The minimum atomic E-state index is -3.74. The zero-order chi connectivity index (χ0) is 18.0. The van der Waals surface area contributed by atoms with Crippen LogP contribution >= 0.6 is 15.9 Å². The summed E-state index contributed by atoms with van der Waals surface area (Å²) in [7, 11) is -3.74. The molecular formula is C17H17BrN2O4S. The number of hydrogen-bond donors (Lipinski definition) is 1. The van der Waals surface area contributed by atoms with Crippen LogP contribution in [0.2, 0.25) is 0 Å². The highest BCUT2D eigenvalue weighted by molar-refractivity contribution is 9.10. The fourth-order valence-corrected chi connectivity index (χ4v) is 4.50. The van der Waals surface area contributed by atoms with Crippen molar-refractivity contribution in [1.29, 1.82) is 0 Å². The molecule has 2 aromatic rings. The average Bonchev–Trinajstić information content (AvgIpc) is 2.58. The molecule has 1 unspecified atom stereocenters. The van der Waals surface area contributed by atoms with Crippen LogP contribution in [0.5, 0.6) is 5.75 Å². The van der Waals surface area contributed by atoms with Gasteiger partial charge in [-0.2, -0.15) is 4.41 Å². The number of hydrazine groups is 1. The number of halogens is 1. The smallest absolute Gasteiger partial charge is 0.251 e. The summed E-state index contributed by atoms with van der Waals surface area (Å²) in [6.45, 7) is 0.428. The minimum Gasteiger partial charge on any atom is -0.489 e. The summed E-state index contributed by atoms with van der Waals surface area (Å²) in [5, 5.41) is 0. The Hall–Kier alpha value is -1.90. The van der Waals surface area contributed by atoms with Crippen molar-refractivity contribution in [2.24, 2.45) is 5.84 Å². The number of benzene rings is 2. The van der Waals surface area contributed by atoms with E-state index >= 15 is 0 Å². The van der Waals surface area contributed by atoms with Gasteiger partial charge >= 0.3 is 0 Å². The molecule has 1 aliphatic heterocycles. The van der Waals surface area contributed by atoms with Crippen LogP contribution in [0.1, 0.15) is 23.5 Å². The summed E-state index contributed by atoms with van der Waals surface area (Å²) in [5.74, 6) is 4.82. The highest BCUT2D eigenvalue weighted by Crippen LogP contribution is 2.29. The van der Waals surface area contributed by atoms with Gasteiger partial charge in [-0.25, -0.2) is 14.3 Å². The quantitative estimate of drug-likeness (QED) is 0.601. The maximum absolute atomic E-state index is 11.9. The van der Waals surface area contributed by atoms with Gasteiger partial charge < -0.3 is 4.74 Å². The van der Waals surface area contributed by atoms with Crippen LogP contribution in [0.4, 0.5) is 0 Å². The number of carbonyl (C=O) groups excluding carboxylic acids is 1. The molecule has 0 radical (unpaired) electrons. The van der Waals surface area contributed by atoms with Crippen LogP contribution in [0.15, 0.2) is 53.0 Å². The standard InChI is InChI=1S/C17H17BrN2O4S/c18-15-3-1-2-12(8-15)10-24-16-6-4-13(5-7-16)14-9-17(21)20(19)25(22,23)11-14/h1-8,14H,9-11,19H2. The van der Waals surface area contributed by atoms with Crippen LogP contribution in [0, 0.1) is 0 Å². The number of carbonyl (C=O) groups is 1. The van der Waals surface area contributed by atoms with E-state index in [1.165, 1.54) is 0 Å². The first kappa shape index (κ1) is 17.9. The molecular weight excluding hydrogens is 408 g/mol. The third-order valence-corrected chi connectivity index (χ3v) is 6.14. The lowest BCUT2D eigenvalue weighted by Crippen LogP contribution is -2.49. The Bertz CT molecular complexity index is 884. The highest BCUT2D eigenvalue weighted by Gasteiger charge is 2.36. The molecule has 1 aliphatic rings. The van der Waals surface area contributed by atoms with E-state index < -0.39 is 21.8 Å². The summed E-state index contributed by atoms with van der Waals surface area (Å²) >= 11 is 3.42. The second-order valence-corrected chi connectivity index (χ2v) is 8.66. The molecule has 132 valence electrons. The minimum absolute atomic E-state index is 0.0774. The predicted octanol–water partition coefficient (Wildman–Crippen LogP) is 2.55. The molecule has 1 amide bonds. The molecule has 2 aromatic carbocycles. The Morgan fingerprint density at radius 3 is 2.56 bits per heavy atom. The summed E-state index contributed by atoms with van der Waals surface area (Å²) in [6.07, 6.45) is 0.0774. The third kappa shape index (κ3) is 4.20. The van der Waals surface area contributed by atoms with Crippen LogP contribution in [0.25, 0.3) is 0 Å². The van der Waals surface area contributed by atoms with Crippen molar-refractivity contribution in [2.45, 2.75) is 18.9 Å². The molecule has 2 N–H and O–H groups in total. The van der Waals surface area contributed by atoms with Gasteiger partial charge in [0.2, 0.25) is 0 Å². The first-order chi connectivity index (χ1) is 11.8. The van der Waals surface area contributed by atoms with Crippen LogP contribution in [-0.2, 0) is 21.4 Å². The SMILES string of the molecule is NN1C(=O)CC(c2ccc(OCc3cccc(Br)c3)cc2)CS1(=O)=O. The van der Waals surface area contributed by atoms with Crippen molar-refractivity contribution in [1.82, 2.24) is 4.41 Å². The van der Waals surface area contributed by atoms with Gasteiger partial charge in [-0.05, 0) is 35.4 Å². The maximum atomic E-state index is 11.9. The normalized spacial score (nSPS) is 19.7. The van der Waals surface area contributed by atoms with Crippen LogP contribution < -0.4 is 10.6 Å². The van der Waals surface area contributed by atoms with E-state index in [0.717, 1.165) is 15.6 Å². The summed E-state index contributed by atoms with van der Waals surface area (Å²) < 4.78 is 30.8. The van der Waals surface area contributed by atoms with Crippen molar-refractivity contribution in [3.63, 3.8) is 0 Å². The van der Waals surface area contributed by atoms with E-state index in [1.807, 2.05) is 24.3 Å². The van der Waals surface area contributed by atoms with Crippen molar-refractivity contribution in [3.8, 4) is 5.75 Å². The van der Waals surface area contributed by atoms with Gasteiger partial charge in [-0.3, -0.25) is 4.79 Å². The van der Waals surface area contributed by atoms with Crippen LogP contribution in [0.3, 0.4) is 0 Å². The first-order valence-corrected chi connectivity index (χ1v) is 10.0. The molecule has 0 bridgehead atoms. The van der Waals surface area contributed by atoms with Crippen LogP contribution in [-0.4, -0.2) is 24.5 Å². The van der Waals surface area contributed by atoms with E-state index in [2.05, 4.69) is 15.9 Å². The van der Waals surface area contributed by atoms with Crippen molar-refractivity contribution >= 4 is 31.9 Å². The second-order valence-electron chi connectivity index (χ2n) is 5.86. The van der Waals surface area contributed by atoms with Gasteiger partial charge in [-0.1, -0.05) is 40.2 Å². The Labute approximate surface area is 154 Å². The van der Waals surface area contributed by atoms with E-state index in [4.69, 9.17) is 10.6 Å². The van der Waals surface area contributed by atoms with Gasteiger partial charge in [0, 0.05) is 16.8 Å². The third-order valence-electron chi connectivity index (χ3n) is 4.02. The number of ether oxygens (including phenoxy) is 1. The van der Waals surface area contributed by atoms with Crippen molar-refractivity contribution < 1.29 is 17.9 Å². The van der Waals surface area contributed by atoms with Gasteiger partial charge in [0.15, 0.2) is 0 Å². The van der Waals surface area contributed by atoms with E-state index in [1.54, 1.807) is 24.3 Å². The van der Waals surface area contributed by atoms with Crippen molar-refractivity contribution in [2.75, 3.05) is 5.75 Å². The number of nitrogens with zero attached hydrogens (tertiary/aromatic N) is 1.